The van der Waals surface area contributed by atoms with Gasteiger partial charge in [0.15, 0.2) is 0 Å². The Labute approximate surface area is 129 Å². The molecule has 22 heavy (non-hydrogen) atoms. The molecule has 7 heteroatoms. The number of aryl methyl sites for hydroxylation is 1. The number of nitrogens with one attached hydrogen (secondary N) is 1. The van der Waals surface area contributed by atoms with Crippen molar-refractivity contribution < 1.29 is 23.1 Å². The van der Waals surface area contributed by atoms with Crippen molar-refractivity contribution >= 4 is 27.4 Å². The molecule has 1 aliphatic rings. The molecule has 0 aromatic heterocycles. The molecule has 0 radical (unpaired) electrons. The molecule has 0 bridgehead atoms. The molecule has 0 unspecified atom stereocenters. The van der Waals surface area contributed by atoms with Gasteiger partial charge in [0, 0.05) is 18.4 Å². The third kappa shape index (κ3) is 4.30. The van der Waals surface area contributed by atoms with Crippen molar-refractivity contribution in [1.82, 2.24) is 0 Å². The highest BCUT2D eigenvalue weighted by atomic mass is 32.2. The Morgan fingerprint density at radius 1 is 1.32 bits per heavy atom. The highest BCUT2D eigenvalue weighted by Crippen LogP contribution is 2.49. The second-order valence-corrected chi connectivity index (χ2v) is 8.27. The van der Waals surface area contributed by atoms with Crippen LogP contribution in [0.2, 0.25) is 0 Å². The van der Waals surface area contributed by atoms with E-state index in [4.69, 9.17) is 5.11 Å². The molecule has 2 rings (SSSR count). The fourth-order valence-electron chi connectivity index (χ4n) is 2.63. The van der Waals surface area contributed by atoms with E-state index in [9.17, 15) is 18.0 Å². The van der Waals surface area contributed by atoms with Crippen molar-refractivity contribution in [3.63, 3.8) is 0 Å². The Balaban J connectivity index is 2.01. The molecule has 1 aliphatic carbocycles. The predicted octanol–water partition coefficient (Wildman–Crippen LogP) is 1.85. The quantitative estimate of drug-likeness (QED) is 0.831. The highest BCUT2D eigenvalue weighted by molar-refractivity contribution is 7.90. The summed E-state index contributed by atoms with van der Waals surface area (Å²) in [4.78, 5) is 23.0. The maximum absolute atomic E-state index is 12.1. The summed E-state index contributed by atoms with van der Waals surface area (Å²) in [6.45, 7) is 1.66. The van der Waals surface area contributed by atoms with Crippen molar-refractivity contribution in [3.8, 4) is 0 Å². The van der Waals surface area contributed by atoms with E-state index in [2.05, 4.69) is 5.32 Å². The lowest BCUT2D eigenvalue weighted by molar-refractivity contribution is -0.117. The number of hydrogen-bond donors (Lipinski definition) is 2. The molecule has 1 aromatic rings. The van der Waals surface area contributed by atoms with Gasteiger partial charge < -0.3 is 10.4 Å². The number of hydrogen-bond acceptors (Lipinski definition) is 4. The number of sulfone groups is 1. The van der Waals surface area contributed by atoms with Crippen LogP contribution in [0.15, 0.2) is 18.2 Å². The molecule has 2 N–H and O–H groups in total. The maximum atomic E-state index is 12.1. The normalized spacial score (nSPS) is 16.1. The Bertz CT molecular complexity index is 719. The summed E-state index contributed by atoms with van der Waals surface area (Å²) >= 11 is 0. The van der Waals surface area contributed by atoms with Crippen LogP contribution in [-0.2, 0) is 14.6 Å². The summed E-state index contributed by atoms with van der Waals surface area (Å²) in [7, 11) is -3.10. The molecule has 0 saturated heterocycles. The molecule has 1 amide bonds. The number of amides is 1. The standard InChI is InChI=1S/C15H19NO5S/c1-10-7-11(3-4-12(10)14(18)19)16-13(17)8-15(5-6-15)9-22(2,20)21/h3-4,7H,5-6,8-9H2,1-2H3,(H,16,17)(H,18,19). The molecule has 120 valence electrons. The summed E-state index contributed by atoms with van der Waals surface area (Å²) in [5.74, 6) is -1.23. The van der Waals surface area contributed by atoms with Crippen molar-refractivity contribution in [2.24, 2.45) is 5.41 Å². The lowest BCUT2D eigenvalue weighted by Gasteiger charge is -2.14. The smallest absolute Gasteiger partial charge is 0.335 e. The molecular weight excluding hydrogens is 306 g/mol. The Hall–Kier alpha value is -1.89. The number of rotatable bonds is 6. The predicted molar refractivity (Wildman–Crippen MR) is 82.8 cm³/mol. The van der Waals surface area contributed by atoms with Gasteiger partial charge in [-0.1, -0.05) is 0 Å². The largest absolute Gasteiger partial charge is 0.478 e. The van der Waals surface area contributed by atoms with Gasteiger partial charge in [-0.25, -0.2) is 13.2 Å². The van der Waals surface area contributed by atoms with Gasteiger partial charge in [-0.05, 0) is 48.9 Å². The van der Waals surface area contributed by atoms with E-state index in [1.807, 2.05) is 0 Å². The number of carbonyl (C=O) groups excluding carboxylic acids is 1. The Morgan fingerprint density at radius 3 is 2.41 bits per heavy atom. The van der Waals surface area contributed by atoms with Crippen LogP contribution in [0.25, 0.3) is 0 Å². The van der Waals surface area contributed by atoms with E-state index in [0.29, 0.717) is 11.3 Å². The van der Waals surface area contributed by atoms with Gasteiger partial charge in [0.05, 0.1) is 11.3 Å². The summed E-state index contributed by atoms with van der Waals surface area (Å²) in [5, 5.41) is 11.7. The first-order chi connectivity index (χ1) is 10.1. The fraction of sp³-hybridized carbons (Fsp3) is 0.467. The molecule has 0 spiro atoms. The minimum atomic E-state index is -3.10. The van der Waals surface area contributed by atoms with Crippen LogP contribution in [0.1, 0.15) is 35.2 Å². The molecule has 1 fully saturated rings. The first-order valence-corrected chi connectivity index (χ1v) is 8.98. The average Bonchev–Trinajstić information content (AvgIpc) is 3.04. The molecule has 1 aromatic carbocycles. The van der Waals surface area contributed by atoms with E-state index < -0.39 is 21.2 Å². The number of carbonyl (C=O) groups is 2. The van der Waals surface area contributed by atoms with Gasteiger partial charge in [0.1, 0.15) is 9.84 Å². The lowest BCUT2D eigenvalue weighted by atomic mass is 10.0. The van der Waals surface area contributed by atoms with E-state index >= 15 is 0 Å². The zero-order valence-corrected chi connectivity index (χ0v) is 13.4. The summed E-state index contributed by atoms with van der Waals surface area (Å²) in [6, 6.07) is 4.57. The van der Waals surface area contributed by atoms with E-state index in [-0.39, 0.29) is 23.6 Å². The molecular formula is C15H19NO5S. The summed E-state index contributed by atoms with van der Waals surface area (Å²) in [5.41, 5.74) is 0.840. The van der Waals surface area contributed by atoms with Gasteiger partial charge in [-0.15, -0.1) is 0 Å². The van der Waals surface area contributed by atoms with Crippen LogP contribution in [-0.4, -0.2) is 37.4 Å². The van der Waals surface area contributed by atoms with E-state index in [1.165, 1.54) is 18.4 Å². The third-order valence-corrected chi connectivity index (χ3v) is 4.94. The van der Waals surface area contributed by atoms with Gasteiger partial charge >= 0.3 is 5.97 Å². The maximum Gasteiger partial charge on any atom is 0.335 e. The minimum absolute atomic E-state index is 0.0321. The zero-order valence-electron chi connectivity index (χ0n) is 12.5. The van der Waals surface area contributed by atoms with Crippen LogP contribution in [0, 0.1) is 12.3 Å². The number of carboxylic acids is 1. The fourth-order valence-corrected chi connectivity index (χ4v) is 4.14. The van der Waals surface area contributed by atoms with Crippen LogP contribution in [0.4, 0.5) is 5.69 Å². The number of anilines is 1. The second kappa shape index (κ2) is 5.72. The van der Waals surface area contributed by atoms with Crippen LogP contribution >= 0.6 is 0 Å². The Morgan fingerprint density at radius 2 is 1.95 bits per heavy atom. The molecule has 0 atom stereocenters. The highest BCUT2D eigenvalue weighted by Gasteiger charge is 2.46. The summed E-state index contributed by atoms with van der Waals surface area (Å²) in [6.07, 6.45) is 2.83. The van der Waals surface area contributed by atoms with Crippen molar-refractivity contribution in [2.75, 3.05) is 17.3 Å². The van der Waals surface area contributed by atoms with Crippen LogP contribution < -0.4 is 5.32 Å². The van der Waals surface area contributed by atoms with Crippen molar-refractivity contribution in [2.45, 2.75) is 26.2 Å². The molecule has 6 nitrogen and oxygen atoms in total. The monoisotopic (exact) mass is 325 g/mol. The van der Waals surface area contributed by atoms with E-state index in [0.717, 1.165) is 12.8 Å². The summed E-state index contributed by atoms with van der Waals surface area (Å²) < 4.78 is 22.8. The second-order valence-electron chi connectivity index (χ2n) is 6.13. The molecule has 0 aliphatic heterocycles. The van der Waals surface area contributed by atoms with Crippen LogP contribution in [0.5, 0.6) is 0 Å². The van der Waals surface area contributed by atoms with Crippen LogP contribution in [0.3, 0.4) is 0 Å². The zero-order chi connectivity index (χ0) is 16.5. The molecule has 1 saturated carbocycles. The van der Waals surface area contributed by atoms with Gasteiger partial charge in [-0.2, -0.15) is 0 Å². The number of aromatic carboxylic acids is 1. The first kappa shape index (κ1) is 16.5. The lowest BCUT2D eigenvalue weighted by Crippen LogP contribution is -2.23. The topological polar surface area (TPSA) is 101 Å². The van der Waals surface area contributed by atoms with Crippen molar-refractivity contribution in [3.05, 3.63) is 29.3 Å². The number of carboxylic acid groups (broad SMARTS) is 1. The Kier molecular flexibility index (Phi) is 4.28. The average molecular weight is 325 g/mol. The van der Waals surface area contributed by atoms with Gasteiger partial charge in [0.25, 0.3) is 0 Å². The molecule has 0 heterocycles. The third-order valence-electron chi connectivity index (χ3n) is 3.80. The SMILES string of the molecule is Cc1cc(NC(=O)CC2(CS(C)(=O)=O)CC2)ccc1C(=O)O. The van der Waals surface area contributed by atoms with Crippen molar-refractivity contribution in [1.29, 1.82) is 0 Å². The minimum Gasteiger partial charge on any atom is -0.478 e. The van der Waals surface area contributed by atoms with Gasteiger partial charge in [-0.3, -0.25) is 4.79 Å². The van der Waals surface area contributed by atoms with Gasteiger partial charge in [0.2, 0.25) is 5.91 Å². The number of benzene rings is 1. The first-order valence-electron chi connectivity index (χ1n) is 6.92. The van der Waals surface area contributed by atoms with E-state index in [1.54, 1.807) is 13.0 Å².